The van der Waals surface area contributed by atoms with E-state index in [4.69, 9.17) is 9.15 Å². The van der Waals surface area contributed by atoms with Crippen LogP contribution in [-0.4, -0.2) is 31.8 Å². The average molecular weight is 456 g/mol. The minimum absolute atomic E-state index is 0.575. The summed E-state index contributed by atoms with van der Waals surface area (Å²) in [6.45, 7) is 2.08. The van der Waals surface area contributed by atoms with Crippen molar-refractivity contribution in [2.45, 2.75) is 17.8 Å². The first-order valence-electron chi connectivity index (χ1n) is 10.4. The van der Waals surface area contributed by atoms with Crippen LogP contribution >= 0.6 is 11.8 Å². The Balaban J connectivity index is 1.43. The maximum Gasteiger partial charge on any atom is 0.226 e. The number of aryl methyl sites for hydroxylation is 1. The van der Waals surface area contributed by atoms with E-state index in [0.717, 1.165) is 44.8 Å². The molecule has 3 heterocycles. The van der Waals surface area contributed by atoms with Crippen LogP contribution < -0.4 is 4.74 Å². The first-order chi connectivity index (χ1) is 16.2. The van der Waals surface area contributed by atoms with Gasteiger partial charge in [-0.25, -0.2) is 4.98 Å². The van der Waals surface area contributed by atoms with Gasteiger partial charge in [-0.1, -0.05) is 30.0 Å². The van der Waals surface area contributed by atoms with Crippen LogP contribution in [-0.2, 0) is 5.75 Å². The molecule has 3 aromatic heterocycles. The topological polar surface area (TPSA) is 78.9 Å². The summed E-state index contributed by atoms with van der Waals surface area (Å²) < 4.78 is 13.0. The van der Waals surface area contributed by atoms with Gasteiger partial charge in [0, 0.05) is 29.3 Å². The fourth-order valence-corrected chi connectivity index (χ4v) is 4.28. The molecule has 0 N–H and O–H groups in total. The maximum atomic E-state index is 5.71. The van der Waals surface area contributed by atoms with Gasteiger partial charge in [-0.2, -0.15) is 0 Å². The van der Waals surface area contributed by atoms with Gasteiger partial charge in [0.15, 0.2) is 11.0 Å². The van der Waals surface area contributed by atoms with Crippen molar-refractivity contribution < 1.29 is 9.15 Å². The van der Waals surface area contributed by atoms with Crippen LogP contribution in [0.1, 0.15) is 11.3 Å². The molecule has 8 heteroatoms. The average Bonchev–Trinajstić information content (AvgIpc) is 3.51. The Kier molecular flexibility index (Phi) is 5.91. The van der Waals surface area contributed by atoms with Gasteiger partial charge in [0.25, 0.3) is 0 Å². The molecule has 0 radical (unpaired) electrons. The van der Waals surface area contributed by atoms with E-state index in [0.29, 0.717) is 11.6 Å². The predicted molar refractivity (Wildman–Crippen MR) is 127 cm³/mol. The van der Waals surface area contributed by atoms with Crippen LogP contribution in [0.4, 0.5) is 0 Å². The highest BCUT2D eigenvalue weighted by Gasteiger charge is 2.18. The Bertz CT molecular complexity index is 1360. The number of hydrogen-bond donors (Lipinski definition) is 0. The second-order valence-electron chi connectivity index (χ2n) is 7.33. The number of nitrogens with zero attached hydrogens (tertiary/aromatic N) is 5. The summed E-state index contributed by atoms with van der Waals surface area (Å²) in [5, 5.41) is 9.77. The zero-order chi connectivity index (χ0) is 22.6. The molecule has 0 amide bonds. The van der Waals surface area contributed by atoms with Crippen molar-refractivity contribution in [1.29, 1.82) is 0 Å². The molecule has 33 heavy (non-hydrogen) atoms. The van der Waals surface area contributed by atoms with Crippen molar-refractivity contribution in [3.05, 3.63) is 90.6 Å². The quantitative estimate of drug-likeness (QED) is 0.296. The monoisotopic (exact) mass is 455 g/mol. The highest BCUT2D eigenvalue weighted by molar-refractivity contribution is 7.98. The molecule has 0 atom stereocenters. The zero-order valence-corrected chi connectivity index (χ0v) is 19.0. The number of para-hydroxylation sites is 1. The molecule has 7 nitrogen and oxygen atoms in total. The normalized spacial score (nSPS) is 11.0. The lowest BCUT2D eigenvalue weighted by atomic mass is 10.2. The zero-order valence-electron chi connectivity index (χ0n) is 18.2. The molecule has 164 valence electrons. The molecule has 0 aliphatic carbocycles. The third-order valence-electron chi connectivity index (χ3n) is 5.17. The number of ether oxygens (including phenoxy) is 1. The van der Waals surface area contributed by atoms with E-state index >= 15 is 0 Å². The Morgan fingerprint density at radius 1 is 0.939 bits per heavy atom. The Labute approximate surface area is 195 Å². The summed E-state index contributed by atoms with van der Waals surface area (Å²) in [7, 11) is 1.64. The highest BCUT2D eigenvalue weighted by Crippen LogP contribution is 2.31. The van der Waals surface area contributed by atoms with Gasteiger partial charge in [0.05, 0.1) is 18.5 Å². The summed E-state index contributed by atoms with van der Waals surface area (Å²) >= 11 is 1.57. The number of aromatic nitrogens is 5. The molecular weight excluding hydrogens is 434 g/mol. The van der Waals surface area contributed by atoms with Crippen LogP contribution in [0.5, 0.6) is 5.75 Å². The smallest absolute Gasteiger partial charge is 0.226 e. The lowest BCUT2D eigenvalue weighted by Gasteiger charge is -2.12. The number of rotatable bonds is 7. The Morgan fingerprint density at radius 3 is 2.48 bits per heavy atom. The summed E-state index contributed by atoms with van der Waals surface area (Å²) in [5.41, 5.74) is 4.86. The molecule has 0 bridgehead atoms. The summed E-state index contributed by atoms with van der Waals surface area (Å²) in [6.07, 6.45) is 5.20. The summed E-state index contributed by atoms with van der Waals surface area (Å²) in [6, 6.07) is 19.7. The number of thioether (sulfide) groups is 1. The van der Waals surface area contributed by atoms with Crippen LogP contribution in [0.25, 0.3) is 28.5 Å². The number of hydrogen-bond acceptors (Lipinski definition) is 7. The van der Waals surface area contributed by atoms with Crippen LogP contribution in [0, 0.1) is 6.92 Å². The molecule has 0 unspecified atom stereocenters. The van der Waals surface area contributed by atoms with E-state index in [-0.39, 0.29) is 0 Å². The minimum Gasteiger partial charge on any atom is -0.497 e. The number of methoxy groups -OCH3 is 1. The second kappa shape index (κ2) is 9.30. The molecule has 5 rings (SSSR count). The summed E-state index contributed by atoms with van der Waals surface area (Å²) in [4.78, 5) is 8.76. The molecule has 5 aromatic rings. The Morgan fingerprint density at radius 2 is 1.73 bits per heavy atom. The molecular formula is C25H21N5O2S. The molecule has 0 fully saturated rings. The third-order valence-corrected chi connectivity index (χ3v) is 6.13. The molecule has 0 saturated heterocycles. The van der Waals surface area contributed by atoms with Gasteiger partial charge < -0.3 is 9.15 Å². The van der Waals surface area contributed by atoms with Gasteiger partial charge in [-0.3, -0.25) is 9.55 Å². The van der Waals surface area contributed by atoms with Crippen molar-refractivity contribution >= 4 is 11.8 Å². The van der Waals surface area contributed by atoms with Crippen molar-refractivity contribution in [2.75, 3.05) is 7.11 Å². The first-order valence-corrected chi connectivity index (χ1v) is 11.3. The lowest BCUT2D eigenvalue weighted by Crippen LogP contribution is -2.02. The van der Waals surface area contributed by atoms with E-state index in [2.05, 4.69) is 43.8 Å². The molecule has 0 spiro atoms. The lowest BCUT2D eigenvalue weighted by molar-refractivity contribution is 0.415. The molecule has 2 aromatic carbocycles. The fraction of sp³-hybridized carbons (Fsp3) is 0.120. The van der Waals surface area contributed by atoms with Crippen LogP contribution in [0.3, 0.4) is 0 Å². The van der Waals surface area contributed by atoms with E-state index in [9.17, 15) is 0 Å². The Hall–Kier alpha value is -3.91. The number of benzene rings is 2. The van der Waals surface area contributed by atoms with Gasteiger partial charge in [-0.05, 0) is 55.0 Å². The van der Waals surface area contributed by atoms with E-state index in [1.165, 1.54) is 0 Å². The second-order valence-corrected chi connectivity index (χ2v) is 8.27. The highest BCUT2D eigenvalue weighted by atomic mass is 32.2. The molecule has 0 saturated carbocycles. The maximum absolute atomic E-state index is 5.71. The fourth-order valence-electron chi connectivity index (χ4n) is 3.46. The van der Waals surface area contributed by atoms with E-state index in [1.54, 1.807) is 37.5 Å². The van der Waals surface area contributed by atoms with Gasteiger partial charge in [0.2, 0.25) is 5.89 Å². The van der Waals surface area contributed by atoms with Gasteiger partial charge >= 0.3 is 0 Å². The van der Waals surface area contributed by atoms with E-state index in [1.807, 2.05) is 48.5 Å². The SMILES string of the molecule is COc1ccc(-c2nc(CSc3nnc(-c4ccncc4)n3-c3ccccc3C)co2)cc1. The number of pyridine rings is 1. The van der Waals surface area contributed by atoms with Crippen molar-refractivity contribution in [2.24, 2.45) is 0 Å². The summed E-state index contributed by atoms with van der Waals surface area (Å²) in [5.74, 6) is 2.74. The van der Waals surface area contributed by atoms with Gasteiger partial charge in [0.1, 0.15) is 12.0 Å². The number of oxazole rings is 1. The van der Waals surface area contributed by atoms with Crippen molar-refractivity contribution in [1.82, 2.24) is 24.7 Å². The van der Waals surface area contributed by atoms with Gasteiger partial charge in [-0.15, -0.1) is 10.2 Å². The molecule has 0 aliphatic rings. The van der Waals surface area contributed by atoms with Crippen molar-refractivity contribution in [3.63, 3.8) is 0 Å². The largest absolute Gasteiger partial charge is 0.497 e. The third kappa shape index (κ3) is 4.38. The van der Waals surface area contributed by atoms with Crippen LogP contribution in [0.15, 0.2) is 88.9 Å². The van der Waals surface area contributed by atoms with Crippen molar-refractivity contribution in [3.8, 4) is 34.3 Å². The standard InChI is InChI=1S/C25H21N5O2S/c1-17-5-3-4-6-22(17)30-23(18-11-13-26-14-12-18)28-29-25(30)33-16-20-15-32-24(27-20)19-7-9-21(31-2)10-8-19/h3-15H,16H2,1-2H3. The van der Waals surface area contributed by atoms with Crippen LogP contribution in [0.2, 0.25) is 0 Å². The molecule has 0 aliphatic heterocycles. The first kappa shape index (κ1) is 21.0. The van der Waals surface area contributed by atoms with E-state index < -0.39 is 0 Å². The predicted octanol–water partition coefficient (Wildman–Crippen LogP) is 5.59. The minimum atomic E-state index is 0.575.